The van der Waals surface area contributed by atoms with Gasteiger partial charge in [0.1, 0.15) is 0 Å². The molecular formula is C20H40N2. The molecule has 2 aliphatic rings. The van der Waals surface area contributed by atoms with E-state index in [1.165, 1.54) is 116 Å². The third kappa shape index (κ3) is 7.00. The molecule has 0 radical (unpaired) electrons. The molecule has 22 heavy (non-hydrogen) atoms. The third-order valence-electron chi connectivity index (χ3n) is 5.79. The number of unbranched alkanes of at least 4 members (excludes halogenated alkanes) is 7. The summed E-state index contributed by atoms with van der Waals surface area (Å²) in [6, 6.07) is 0.912. The van der Waals surface area contributed by atoms with Gasteiger partial charge in [0.25, 0.3) is 0 Å². The summed E-state index contributed by atoms with van der Waals surface area (Å²) >= 11 is 0. The smallest absolute Gasteiger partial charge is 0.0120 e. The Morgan fingerprint density at radius 2 is 1.27 bits per heavy atom. The number of hydrogen-bond donors (Lipinski definition) is 0. The van der Waals surface area contributed by atoms with Gasteiger partial charge >= 0.3 is 0 Å². The van der Waals surface area contributed by atoms with Crippen LogP contribution in [0.3, 0.4) is 0 Å². The van der Waals surface area contributed by atoms with Gasteiger partial charge in [-0.15, -0.1) is 0 Å². The second-order valence-corrected chi connectivity index (χ2v) is 7.64. The molecule has 0 unspecified atom stereocenters. The Bertz CT molecular complexity index is 252. The Labute approximate surface area is 139 Å². The number of likely N-dealkylation sites (tertiary alicyclic amines) is 2. The van der Waals surface area contributed by atoms with Gasteiger partial charge in [-0.25, -0.2) is 0 Å². The minimum Gasteiger partial charge on any atom is -0.303 e. The minimum absolute atomic E-state index is 0.912. The summed E-state index contributed by atoms with van der Waals surface area (Å²) in [5.74, 6) is 0. The molecule has 0 aromatic rings. The maximum absolute atomic E-state index is 2.79. The van der Waals surface area contributed by atoms with Crippen molar-refractivity contribution in [3.63, 3.8) is 0 Å². The second kappa shape index (κ2) is 11.5. The van der Waals surface area contributed by atoms with E-state index in [1.54, 1.807) is 0 Å². The normalized spacial score (nSPS) is 22.2. The van der Waals surface area contributed by atoms with E-state index in [9.17, 15) is 0 Å². The van der Waals surface area contributed by atoms with Gasteiger partial charge in [-0.3, -0.25) is 0 Å². The van der Waals surface area contributed by atoms with Crippen LogP contribution in [0.15, 0.2) is 0 Å². The Morgan fingerprint density at radius 1 is 0.682 bits per heavy atom. The van der Waals surface area contributed by atoms with Crippen LogP contribution < -0.4 is 0 Å². The van der Waals surface area contributed by atoms with Crippen LogP contribution in [0.5, 0.6) is 0 Å². The summed E-state index contributed by atoms with van der Waals surface area (Å²) in [7, 11) is 0. The molecular weight excluding hydrogens is 268 g/mol. The number of rotatable bonds is 10. The summed E-state index contributed by atoms with van der Waals surface area (Å²) in [5, 5.41) is 0. The van der Waals surface area contributed by atoms with Crippen molar-refractivity contribution in [2.24, 2.45) is 0 Å². The molecule has 2 rings (SSSR count). The first kappa shape index (κ1) is 18.3. The molecule has 0 aromatic carbocycles. The highest BCUT2D eigenvalue weighted by Gasteiger charge is 2.24. The first-order valence-electron chi connectivity index (χ1n) is 10.4. The van der Waals surface area contributed by atoms with Gasteiger partial charge in [-0.1, -0.05) is 58.3 Å². The van der Waals surface area contributed by atoms with Gasteiger partial charge < -0.3 is 9.80 Å². The predicted molar refractivity (Wildman–Crippen MR) is 97.5 cm³/mol. The SMILES string of the molecule is CCCCCCCCCCN1CCC(N2CCCCC2)CC1. The van der Waals surface area contributed by atoms with Crippen LogP contribution in [-0.2, 0) is 0 Å². The third-order valence-corrected chi connectivity index (χ3v) is 5.79. The molecule has 2 saturated heterocycles. The van der Waals surface area contributed by atoms with E-state index >= 15 is 0 Å². The van der Waals surface area contributed by atoms with Crippen molar-refractivity contribution in [3.8, 4) is 0 Å². The van der Waals surface area contributed by atoms with Gasteiger partial charge in [0.05, 0.1) is 0 Å². The molecule has 0 amide bonds. The monoisotopic (exact) mass is 308 g/mol. The Kier molecular flexibility index (Phi) is 9.51. The topological polar surface area (TPSA) is 6.48 Å². The lowest BCUT2D eigenvalue weighted by Crippen LogP contribution is -2.46. The second-order valence-electron chi connectivity index (χ2n) is 7.64. The first-order chi connectivity index (χ1) is 10.9. The predicted octanol–water partition coefficient (Wildman–Crippen LogP) is 5.08. The van der Waals surface area contributed by atoms with Crippen LogP contribution in [0.2, 0.25) is 0 Å². The summed E-state index contributed by atoms with van der Waals surface area (Å²) in [4.78, 5) is 5.52. The molecule has 2 fully saturated rings. The van der Waals surface area contributed by atoms with E-state index in [4.69, 9.17) is 0 Å². The molecule has 0 spiro atoms. The van der Waals surface area contributed by atoms with Crippen molar-refractivity contribution in [2.75, 3.05) is 32.7 Å². The lowest BCUT2D eigenvalue weighted by Gasteiger charge is -2.40. The van der Waals surface area contributed by atoms with E-state index in [0.29, 0.717) is 0 Å². The highest BCUT2D eigenvalue weighted by atomic mass is 15.2. The van der Waals surface area contributed by atoms with Crippen molar-refractivity contribution in [1.29, 1.82) is 0 Å². The molecule has 0 N–H and O–H groups in total. The van der Waals surface area contributed by atoms with Crippen LogP contribution in [0, 0.1) is 0 Å². The van der Waals surface area contributed by atoms with Crippen molar-refractivity contribution in [3.05, 3.63) is 0 Å². The van der Waals surface area contributed by atoms with Gasteiger partial charge in [0.2, 0.25) is 0 Å². The maximum atomic E-state index is 2.79. The quantitative estimate of drug-likeness (QED) is 0.519. The fourth-order valence-corrected chi connectivity index (χ4v) is 4.26. The van der Waals surface area contributed by atoms with Gasteiger partial charge in [0.15, 0.2) is 0 Å². The average Bonchev–Trinajstić information content (AvgIpc) is 2.59. The lowest BCUT2D eigenvalue weighted by molar-refractivity contribution is 0.0918. The Morgan fingerprint density at radius 3 is 1.91 bits per heavy atom. The number of nitrogens with zero attached hydrogens (tertiary/aromatic N) is 2. The molecule has 2 heterocycles. The van der Waals surface area contributed by atoms with Crippen molar-refractivity contribution in [1.82, 2.24) is 9.80 Å². The summed E-state index contributed by atoms with van der Waals surface area (Å²) in [6.45, 7) is 9.14. The molecule has 0 atom stereocenters. The van der Waals surface area contributed by atoms with Crippen molar-refractivity contribution >= 4 is 0 Å². The van der Waals surface area contributed by atoms with Gasteiger partial charge in [0, 0.05) is 6.04 Å². The zero-order valence-corrected chi connectivity index (χ0v) is 15.2. The van der Waals surface area contributed by atoms with E-state index in [-0.39, 0.29) is 0 Å². The Balaban J connectivity index is 1.44. The standard InChI is InChI=1S/C20H40N2/c1-2-3-4-5-6-7-8-10-15-21-18-13-20(14-19-21)22-16-11-9-12-17-22/h20H,2-19H2,1H3. The molecule has 0 bridgehead atoms. The van der Waals surface area contributed by atoms with Gasteiger partial charge in [-0.05, 0) is 64.8 Å². The minimum atomic E-state index is 0.912. The van der Waals surface area contributed by atoms with Crippen LogP contribution in [0.1, 0.15) is 90.4 Å². The largest absolute Gasteiger partial charge is 0.303 e. The van der Waals surface area contributed by atoms with Crippen LogP contribution in [0.25, 0.3) is 0 Å². The van der Waals surface area contributed by atoms with Crippen LogP contribution in [0.4, 0.5) is 0 Å². The highest BCUT2D eigenvalue weighted by Crippen LogP contribution is 2.21. The average molecular weight is 309 g/mol. The van der Waals surface area contributed by atoms with Crippen molar-refractivity contribution in [2.45, 2.75) is 96.4 Å². The molecule has 2 heteroatoms. The van der Waals surface area contributed by atoms with Gasteiger partial charge in [-0.2, -0.15) is 0 Å². The first-order valence-corrected chi connectivity index (χ1v) is 10.4. The summed E-state index contributed by atoms with van der Waals surface area (Å²) < 4.78 is 0. The van der Waals surface area contributed by atoms with E-state index in [2.05, 4.69) is 16.7 Å². The van der Waals surface area contributed by atoms with Crippen LogP contribution in [-0.4, -0.2) is 48.6 Å². The summed E-state index contributed by atoms with van der Waals surface area (Å²) in [5.41, 5.74) is 0. The maximum Gasteiger partial charge on any atom is 0.0120 e. The van der Waals surface area contributed by atoms with Crippen LogP contribution >= 0.6 is 0 Å². The lowest BCUT2D eigenvalue weighted by atomic mass is 9.99. The number of piperidine rings is 2. The highest BCUT2D eigenvalue weighted by molar-refractivity contribution is 4.81. The van der Waals surface area contributed by atoms with E-state index in [0.717, 1.165) is 6.04 Å². The fraction of sp³-hybridized carbons (Fsp3) is 1.00. The fourth-order valence-electron chi connectivity index (χ4n) is 4.26. The summed E-state index contributed by atoms with van der Waals surface area (Å²) in [6.07, 6.45) is 18.8. The molecule has 130 valence electrons. The van der Waals surface area contributed by atoms with E-state index in [1.807, 2.05) is 0 Å². The molecule has 0 saturated carbocycles. The molecule has 2 nitrogen and oxygen atoms in total. The molecule has 0 aromatic heterocycles. The Hall–Kier alpha value is -0.0800. The van der Waals surface area contributed by atoms with Crippen molar-refractivity contribution < 1.29 is 0 Å². The van der Waals surface area contributed by atoms with E-state index < -0.39 is 0 Å². The molecule has 2 aliphatic heterocycles. The molecule has 0 aliphatic carbocycles. The zero-order valence-electron chi connectivity index (χ0n) is 15.2. The number of hydrogen-bond acceptors (Lipinski definition) is 2. The zero-order chi connectivity index (χ0) is 15.5.